The fourth-order valence-corrected chi connectivity index (χ4v) is 4.05. The van der Waals surface area contributed by atoms with E-state index in [0.717, 1.165) is 4.90 Å². The van der Waals surface area contributed by atoms with Gasteiger partial charge in [-0.1, -0.05) is 6.07 Å². The van der Waals surface area contributed by atoms with Crippen LogP contribution in [0.5, 0.6) is 5.75 Å². The van der Waals surface area contributed by atoms with Gasteiger partial charge >= 0.3 is 5.97 Å². The molecule has 0 radical (unpaired) electrons. The van der Waals surface area contributed by atoms with E-state index in [0.29, 0.717) is 12.8 Å². The van der Waals surface area contributed by atoms with Gasteiger partial charge in [0.2, 0.25) is 11.8 Å². The molecule has 2 aliphatic heterocycles. The van der Waals surface area contributed by atoms with Crippen molar-refractivity contribution in [3.05, 3.63) is 29.3 Å². The van der Waals surface area contributed by atoms with Gasteiger partial charge < -0.3 is 9.84 Å². The van der Waals surface area contributed by atoms with Crippen LogP contribution in [-0.4, -0.2) is 58.0 Å². The molecule has 10 nitrogen and oxygen atoms in total. The van der Waals surface area contributed by atoms with E-state index in [1.54, 1.807) is 0 Å². The van der Waals surface area contributed by atoms with E-state index in [-0.39, 0.29) is 60.4 Å². The number of aliphatic carboxylic acids is 1. The first-order valence-electron chi connectivity index (χ1n) is 9.99. The van der Waals surface area contributed by atoms with Crippen LogP contribution >= 0.6 is 0 Å². The molecule has 4 amide bonds. The summed E-state index contributed by atoms with van der Waals surface area (Å²) in [5.41, 5.74) is 0.0556. The zero-order chi connectivity index (χ0) is 22.3. The number of nitrogens with zero attached hydrogens (tertiary/aromatic N) is 1. The number of carbonyl (C=O) groups excluding carboxylic acids is 5. The van der Waals surface area contributed by atoms with Crippen LogP contribution in [0.2, 0.25) is 0 Å². The number of carbonyl (C=O) groups is 6. The lowest BCUT2D eigenvalue weighted by molar-refractivity contribution is -0.139. The Bertz CT molecular complexity index is 1020. The number of amides is 4. The van der Waals surface area contributed by atoms with Gasteiger partial charge in [0.05, 0.1) is 17.0 Å². The van der Waals surface area contributed by atoms with Crippen molar-refractivity contribution in [3.8, 4) is 5.75 Å². The lowest BCUT2D eigenvalue weighted by Crippen LogP contribution is -2.54. The molecule has 2 heterocycles. The number of carboxylic acids is 1. The molecule has 0 spiro atoms. The second-order valence-electron chi connectivity index (χ2n) is 7.93. The molecule has 1 aromatic carbocycles. The van der Waals surface area contributed by atoms with E-state index >= 15 is 0 Å². The third-order valence-electron chi connectivity index (χ3n) is 5.85. The molecule has 31 heavy (non-hydrogen) atoms. The van der Waals surface area contributed by atoms with Gasteiger partial charge in [-0.3, -0.25) is 39.0 Å². The van der Waals surface area contributed by atoms with Gasteiger partial charge in [0, 0.05) is 12.8 Å². The van der Waals surface area contributed by atoms with Gasteiger partial charge in [-0.05, 0) is 37.3 Å². The summed E-state index contributed by atoms with van der Waals surface area (Å²) in [7, 11) is 0. The third kappa shape index (κ3) is 3.92. The van der Waals surface area contributed by atoms with Crippen molar-refractivity contribution >= 4 is 35.4 Å². The fraction of sp³-hybridized carbons (Fsp3) is 0.429. The number of hydrogen-bond donors (Lipinski definition) is 2. The van der Waals surface area contributed by atoms with Crippen molar-refractivity contribution < 1.29 is 38.6 Å². The Kier molecular flexibility index (Phi) is 5.30. The molecular weight excluding hydrogens is 408 g/mol. The van der Waals surface area contributed by atoms with Crippen LogP contribution < -0.4 is 10.1 Å². The van der Waals surface area contributed by atoms with Crippen LogP contribution in [0.25, 0.3) is 0 Å². The summed E-state index contributed by atoms with van der Waals surface area (Å²) in [6.07, 6.45) is 1.27. The molecule has 1 aromatic rings. The van der Waals surface area contributed by atoms with E-state index in [9.17, 15) is 28.8 Å². The SMILES string of the molecule is O=C(CCC1CC1C(=O)O)COc1cccc2c1C(=O)N(C1CCC(=O)NC1=O)C2=O. The number of hydrogen-bond acceptors (Lipinski definition) is 7. The Morgan fingerprint density at radius 2 is 1.94 bits per heavy atom. The number of rotatable bonds is 8. The second kappa shape index (κ2) is 7.93. The zero-order valence-electron chi connectivity index (χ0n) is 16.5. The van der Waals surface area contributed by atoms with Crippen molar-refractivity contribution in [1.82, 2.24) is 10.2 Å². The molecular formula is C21H20N2O8. The van der Waals surface area contributed by atoms with E-state index in [4.69, 9.17) is 9.84 Å². The maximum atomic E-state index is 12.9. The Labute approximate surface area is 176 Å². The molecule has 10 heteroatoms. The summed E-state index contributed by atoms with van der Waals surface area (Å²) in [5, 5.41) is 11.0. The Morgan fingerprint density at radius 3 is 2.61 bits per heavy atom. The van der Waals surface area contributed by atoms with Gasteiger partial charge in [-0.15, -0.1) is 0 Å². The first kappa shape index (κ1) is 20.7. The van der Waals surface area contributed by atoms with Crippen LogP contribution in [-0.2, 0) is 19.2 Å². The minimum Gasteiger partial charge on any atom is -0.485 e. The average Bonchev–Trinajstić information content (AvgIpc) is 3.47. The smallest absolute Gasteiger partial charge is 0.306 e. The van der Waals surface area contributed by atoms with Crippen molar-refractivity contribution in [2.45, 2.75) is 38.1 Å². The summed E-state index contributed by atoms with van der Waals surface area (Å²) < 4.78 is 5.52. The van der Waals surface area contributed by atoms with E-state index in [2.05, 4.69) is 5.32 Å². The summed E-state index contributed by atoms with van der Waals surface area (Å²) >= 11 is 0. The number of ether oxygens (including phenoxy) is 1. The highest BCUT2D eigenvalue weighted by atomic mass is 16.5. The number of Topliss-reactive ketones (excluding diaryl/α,β-unsaturated/α-hetero) is 1. The highest BCUT2D eigenvalue weighted by molar-refractivity contribution is 6.24. The van der Waals surface area contributed by atoms with Crippen molar-refractivity contribution in [2.75, 3.05) is 6.61 Å². The third-order valence-corrected chi connectivity index (χ3v) is 5.85. The standard InChI is InChI=1S/C21H20N2O8/c24-11(5-4-10-8-13(10)21(29)30)9-31-15-3-1-2-12-17(15)20(28)23(19(12)27)14-6-7-16(25)22-18(14)26/h1-3,10,13-14H,4-9H2,(H,29,30)(H,22,25,26). The minimum atomic E-state index is -1.08. The number of carboxylic acid groups (broad SMARTS) is 1. The Hall–Kier alpha value is -3.56. The number of ketones is 1. The Balaban J connectivity index is 1.41. The zero-order valence-corrected chi connectivity index (χ0v) is 16.5. The minimum absolute atomic E-state index is 0.00343. The second-order valence-corrected chi connectivity index (χ2v) is 7.93. The highest BCUT2D eigenvalue weighted by Crippen LogP contribution is 2.42. The van der Waals surface area contributed by atoms with E-state index in [1.807, 2.05) is 0 Å². The molecule has 0 aromatic heterocycles. The highest BCUT2D eigenvalue weighted by Gasteiger charge is 2.46. The number of fused-ring (bicyclic) bond motifs is 1. The monoisotopic (exact) mass is 428 g/mol. The van der Waals surface area contributed by atoms with Crippen LogP contribution in [0.4, 0.5) is 0 Å². The van der Waals surface area contributed by atoms with Gasteiger partial charge in [0.1, 0.15) is 18.4 Å². The normalized spacial score (nSPS) is 24.6. The molecule has 2 fully saturated rings. The number of nitrogens with one attached hydrogen (secondary N) is 1. The van der Waals surface area contributed by atoms with Gasteiger partial charge in [0.25, 0.3) is 11.8 Å². The van der Waals surface area contributed by atoms with E-state index in [1.165, 1.54) is 18.2 Å². The predicted octanol–water partition coefficient (Wildman–Crippen LogP) is 0.537. The summed E-state index contributed by atoms with van der Waals surface area (Å²) in [5.74, 6) is -3.93. The molecule has 3 atom stereocenters. The fourth-order valence-electron chi connectivity index (χ4n) is 4.05. The first-order chi connectivity index (χ1) is 14.8. The number of piperidine rings is 1. The van der Waals surface area contributed by atoms with Crippen LogP contribution in [0.15, 0.2) is 18.2 Å². The van der Waals surface area contributed by atoms with Gasteiger partial charge in [0.15, 0.2) is 5.78 Å². The van der Waals surface area contributed by atoms with Crippen LogP contribution in [0.3, 0.4) is 0 Å². The first-order valence-corrected chi connectivity index (χ1v) is 9.99. The van der Waals surface area contributed by atoms with Crippen LogP contribution in [0, 0.1) is 11.8 Å². The average molecular weight is 428 g/mol. The molecule has 0 bridgehead atoms. The van der Waals surface area contributed by atoms with Crippen molar-refractivity contribution in [1.29, 1.82) is 0 Å². The maximum Gasteiger partial charge on any atom is 0.306 e. The lowest BCUT2D eigenvalue weighted by Gasteiger charge is -2.27. The van der Waals surface area contributed by atoms with Crippen molar-refractivity contribution in [3.63, 3.8) is 0 Å². The number of benzene rings is 1. The maximum absolute atomic E-state index is 12.9. The molecule has 3 aliphatic rings. The number of imide groups is 2. The predicted molar refractivity (Wildman–Crippen MR) is 102 cm³/mol. The molecule has 1 saturated heterocycles. The molecule has 1 aliphatic carbocycles. The largest absolute Gasteiger partial charge is 0.485 e. The van der Waals surface area contributed by atoms with Crippen molar-refractivity contribution in [2.24, 2.45) is 11.8 Å². The summed E-state index contributed by atoms with van der Waals surface area (Å²) in [6.45, 7) is -0.319. The molecule has 2 N–H and O–H groups in total. The molecule has 3 unspecified atom stereocenters. The Morgan fingerprint density at radius 1 is 1.16 bits per heavy atom. The quantitative estimate of drug-likeness (QED) is 0.570. The van der Waals surface area contributed by atoms with Gasteiger partial charge in [-0.2, -0.15) is 0 Å². The summed E-state index contributed by atoms with van der Waals surface area (Å²) in [6, 6.07) is 3.33. The molecule has 162 valence electrons. The molecule has 1 saturated carbocycles. The van der Waals surface area contributed by atoms with E-state index < -0.39 is 35.6 Å². The van der Waals surface area contributed by atoms with Crippen LogP contribution in [0.1, 0.15) is 52.8 Å². The van der Waals surface area contributed by atoms with Gasteiger partial charge in [-0.25, -0.2) is 0 Å². The lowest BCUT2D eigenvalue weighted by atomic mass is 10.0. The topological polar surface area (TPSA) is 147 Å². The molecule has 4 rings (SSSR count). The summed E-state index contributed by atoms with van der Waals surface area (Å²) in [4.78, 5) is 73.0.